The van der Waals surface area contributed by atoms with E-state index in [-0.39, 0.29) is 16.7 Å². The molecule has 4 fully saturated rings. The van der Waals surface area contributed by atoms with Crippen LogP contribution in [-0.4, -0.2) is 11.1 Å². The minimum absolute atomic E-state index is 0.145. The first-order valence-electron chi connectivity index (χ1n) is 14.2. The van der Waals surface area contributed by atoms with Gasteiger partial charge in [-0.05, 0) is 115 Å². The summed E-state index contributed by atoms with van der Waals surface area (Å²) in [5.41, 5.74) is 2.29. The van der Waals surface area contributed by atoms with Crippen LogP contribution in [0.4, 0.5) is 0 Å². The monoisotopic (exact) mass is 454 g/mol. The summed E-state index contributed by atoms with van der Waals surface area (Å²) in [5, 5.41) is 10.5. The van der Waals surface area contributed by atoms with Gasteiger partial charge in [-0.3, -0.25) is 4.79 Å². The Morgan fingerprint density at radius 3 is 2.24 bits per heavy atom. The van der Waals surface area contributed by atoms with E-state index in [9.17, 15) is 9.90 Å². The second-order valence-electron chi connectivity index (χ2n) is 14.9. The van der Waals surface area contributed by atoms with Gasteiger partial charge in [0.05, 0.1) is 5.41 Å². The molecule has 10 atom stereocenters. The smallest absolute Gasteiger partial charge is 0.310 e. The number of carboxylic acid groups (broad SMARTS) is 1. The van der Waals surface area contributed by atoms with Crippen molar-refractivity contribution in [3.63, 3.8) is 0 Å². The van der Waals surface area contributed by atoms with Crippen LogP contribution in [0, 0.1) is 62.6 Å². The fourth-order valence-corrected chi connectivity index (χ4v) is 11.0. The first kappa shape index (κ1) is 23.9. The summed E-state index contributed by atoms with van der Waals surface area (Å²) in [5.74, 6) is 3.12. The van der Waals surface area contributed by atoms with E-state index in [4.69, 9.17) is 0 Å². The molecule has 0 amide bonds. The van der Waals surface area contributed by atoms with Crippen LogP contribution in [0.15, 0.2) is 11.6 Å². The third-order valence-electron chi connectivity index (χ3n) is 14.0. The Balaban J connectivity index is 1.61. The van der Waals surface area contributed by atoms with Crippen molar-refractivity contribution in [1.29, 1.82) is 0 Å². The van der Waals surface area contributed by atoms with Crippen molar-refractivity contribution in [2.24, 2.45) is 62.6 Å². The largest absolute Gasteiger partial charge is 0.481 e. The van der Waals surface area contributed by atoms with E-state index < -0.39 is 11.4 Å². The van der Waals surface area contributed by atoms with Crippen LogP contribution in [0.1, 0.15) is 113 Å². The number of rotatable bonds is 1. The van der Waals surface area contributed by atoms with Gasteiger partial charge in [0.2, 0.25) is 0 Å². The van der Waals surface area contributed by atoms with Crippen molar-refractivity contribution in [1.82, 2.24) is 0 Å². The van der Waals surface area contributed by atoms with Crippen LogP contribution in [0.3, 0.4) is 0 Å². The molecule has 0 unspecified atom stereocenters. The molecule has 5 rings (SSSR count). The van der Waals surface area contributed by atoms with E-state index in [1.54, 1.807) is 5.57 Å². The Hall–Kier alpha value is -0.790. The van der Waals surface area contributed by atoms with Crippen molar-refractivity contribution in [3.05, 3.63) is 11.6 Å². The van der Waals surface area contributed by atoms with E-state index >= 15 is 0 Å². The number of aliphatic carboxylic acids is 1. The molecule has 0 aromatic heterocycles. The van der Waals surface area contributed by atoms with Crippen LogP contribution in [0.2, 0.25) is 0 Å². The van der Waals surface area contributed by atoms with Gasteiger partial charge in [0.1, 0.15) is 0 Å². The topological polar surface area (TPSA) is 37.3 Å². The lowest BCUT2D eigenvalue weighted by Crippen LogP contribution is -2.64. The zero-order chi connectivity index (χ0) is 24.2. The van der Waals surface area contributed by atoms with Crippen molar-refractivity contribution in [2.45, 2.75) is 113 Å². The van der Waals surface area contributed by atoms with Gasteiger partial charge in [-0.1, -0.05) is 67.0 Å². The molecule has 0 spiro atoms. The Morgan fingerprint density at radius 1 is 0.879 bits per heavy atom. The van der Waals surface area contributed by atoms with Gasteiger partial charge in [0, 0.05) is 0 Å². The minimum Gasteiger partial charge on any atom is -0.481 e. The Bertz CT molecular complexity index is 870. The molecule has 1 N–H and O–H groups in total. The van der Waals surface area contributed by atoms with Crippen molar-refractivity contribution < 1.29 is 9.90 Å². The van der Waals surface area contributed by atoms with Gasteiger partial charge in [0.15, 0.2) is 0 Å². The van der Waals surface area contributed by atoms with Crippen molar-refractivity contribution >= 4 is 5.97 Å². The number of carboxylic acids is 1. The molecule has 0 saturated heterocycles. The third kappa shape index (κ3) is 2.76. The highest BCUT2D eigenvalue weighted by atomic mass is 16.4. The third-order valence-corrected chi connectivity index (χ3v) is 14.0. The van der Waals surface area contributed by atoms with Gasteiger partial charge in [-0.25, -0.2) is 0 Å². The Kier molecular flexibility index (Phi) is 5.17. The average Bonchev–Trinajstić information content (AvgIpc) is 2.74. The summed E-state index contributed by atoms with van der Waals surface area (Å²) in [6.45, 7) is 20.2. The molecule has 5 aliphatic rings. The maximum absolute atomic E-state index is 12.8. The molecule has 5 aliphatic carbocycles. The fraction of sp³-hybridized carbons (Fsp3) is 0.903. The number of hydrogen-bond acceptors (Lipinski definition) is 1. The second-order valence-corrected chi connectivity index (χ2v) is 14.9. The quantitative estimate of drug-likeness (QED) is 0.404. The summed E-state index contributed by atoms with van der Waals surface area (Å²) in [6, 6.07) is 0. The highest BCUT2D eigenvalue weighted by Crippen LogP contribution is 2.76. The fourth-order valence-electron chi connectivity index (χ4n) is 11.0. The maximum atomic E-state index is 12.8. The van der Waals surface area contributed by atoms with Gasteiger partial charge in [-0.2, -0.15) is 0 Å². The van der Waals surface area contributed by atoms with Crippen LogP contribution in [0.5, 0.6) is 0 Å². The number of allylic oxidation sites excluding steroid dienone is 2. The van der Waals surface area contributed by atoms with Crippen LogP contribution in [-0.2, 0) is 4.79 Å². The highest BCUT2D eigenvalue weighted by molar-refractivity contribution is 5.76. The zero-order valence-electron chi connectivity index (χ0n) is 22.8. The molecule has 2 heteroatoms. The molecule has 0 radical (unpaired) electrons. The first-order chi connectivity index (χ1) is 15.3. The van der Waals surface area contributed by atoms with Gasteiger partial charge in [-0.15, -0.1) is 0 Å². The van der Waals surface area contributed by atoms with Gasteiger partial charge >= 0.3 is 5.97 Å². The standard InChI is InChI=1S/C31H50O2/c1-19-11-16-31(26(32)33)18-17-29(7)22(25(31)21(19)3)9-10-24-28(6)14-12-20(2)27(4,5)23(28)13-15-30(24,29)8/h9,19-21,23-25H,10-18H2,1-8H3,(H,32,33)/t19-,20-,21+,23-,24+,25+,28-,29+,30+,31-/m0/s1. The van der Waals surface area contributed by atoms with E-state index in [0.29, 0.717) is 22.7 Å². The highest BCUT2D eigenvalue weighted by Gasteiger charge is 2.69. The molecule has 0 heterocycles. The lowest BCUT2D eigenvalue weighted by Gasteiger charge is -2.71. The Labute approximate surface area is 203 Å². The van der Waals surface area contributed by atoms with E-state index in [0.717, 1.165) is 43.4 Å². The maximum Gasteiger partial charge on any atom is 0.310 e. The van der Waals surface area contributed by atoms with E-state index in [1.807, 2.05) is 0 Å². The van der Waals surface area contributed by atoms with Crippen LogP contribution < -0.4 is 0 Å². The number of carbonyl (C=O) groups is 1. The minimum atomic E-state index is -0.524. The molecular formula is C31H50O2. The van der Waals surface area contributed by atoms with Crippen LogP contribution in [0.25, 0.3) is 0 Å². The lowest BCUT2D eigenvalue weighted by atomic mass is 9.33. The summed E-state index contributed by atoms with van der Waals surface area (Å²) in [7, 11) is 0. The molecule has 33 heavy (non-hydrogen) atoms. The zero-order valence-corrected chi connectivity index (χ0v) is 22.8. The lowest BCUT2D eigenvalue weighted by molar-refractivity contribution is -0.196. The van der Waals surface area contributed by atoms with E-state index in [1.165, 1.54) is 32.1 Å². The van der Waals surface area contributed by atoms with Gasteiger partial charge < -0.3 is 5.11 Å². The molecule has 0 aliphatic heterocycles. The summed E-state index contributed by atoms with van der Waals surface area (Å²) >= 11 is 0. The summed E-state index contributed by atoms with van der Waals surface area (Å²) < 4.78 is 0. The Morgan fingerprint density at radius 2 is 1.58 bits per heavy atom. The predicted octanol–water partition coefficient (Wildman–Crippen LogP) is 8.36. The second kappa shape index (κ2) is 7.13. The number of hydrogen-bond donors (Lipinski definition) is 1. The predicted molar refractivity (Wildman–Crippen MR) is 136 cm³/mol. The van der Waals surface area contributed by atoms with Crippen molar-refractivity contribution in [3.8, 4) is 0 Å². The molecule has 0 aromatic rings. The molecule has 186 valence electrons. The SMILES string of the molecule is C[C@@H]1[C@@H](C)CC[C@]2(C(=O)O)CC[C@]3(C)C(=CC[C@@H]4[C@@]5(C)CC[C@H](C)C(C)(C)[C@@H]5CC[C@]43C)[C@@H]12. The summed E-state index contributed by atoms with van der Waals surface area (Å²) in [4.78, 5) is 12.8. The van der Waals surface area contributed by atoms with Crippen LogP contribution >= 0.6 is 0 Å². The molecule has 4 saturated carbocycles. The van der Waals surface area contributed by atoms with Gasteiger partial charge in [0.25, 0.3) is 0 Å². The van der Waals surface area contributed by atoms with Crippen molar-refractivity contribution in [2.75, 3.05) is 0 Å². The van der Waals surface area contributed by atoms with E-state index in [2.05, 4.69) is 61.5 Å². The molecule has 0 bridgehead atoms. The average molecular weight is 455 g/mol. The first-order valence-corrected chi connectivity index (χ1v) is 14.2. The molecule has 0 aromatic carbocycles. The molecular weight excluding hydrogens is 404 g/mol. The normalized spacial score (nSPS) is 55.3. The molecule has 2 nitrogen and oxygen atoms in total. The number of fused-ring (bicyclic) bond motifs is 7. The summed E-state index contributed by atoms with van der Waals surface area (Å²) in [6.07, 6.45) is 13.1.